The van der Waals surface area contributed by atoms with Crippen LogP contribution in [0, 0.1) is 0 Å². The summed E-state index contributed by atoms with van der Waals surface area (Å²) in [6.45, 7) is 3.95. The summed E-state index contributed by atoms with van der Waals surface area (Å²) >= 11 is 0. The molecule has 0 heterocycles. The molecular formula is C38H64O5. The summed E-state index contributed by atoms with van der Waals surface area (Å²) < 4.78 is 10.5. The molecule has 5 nitrogen and oxygen atoms in total. The van der Waals surface area contributed by atoms with Crippen LogP contribution in [-0.2, 0) is 19.1 Å². The van der Waals surface area contributed by atoms with Crippen molar-refractivity contribution >= 4 is 11.9 Å². The molecule has 0 radical (unpaired) electrons. The number of ether oxygens (including phenoxy) is 2. The van der Waals surface area contributed by atoms with Gasteiger partial charge in [-0.25, -0.2) is 0 Å². The van der Waals surface area contributed by atoms with Gasteiger partial charge in [0.05, 0.1) is 6.61 Å². The van der Waals surface area contributed by atoms with E-state index < -0.39 is 6.10 Å². The molecule has 0 aromatic carbocycles. The normalized spacial score (nSPS) is 12.9. The number of hydrogen-bond acceptors (Lipinski definition) is 5. The molecule has 0 bridgehead atoms. The summed E-state index contributed by atoms with van der Waals surface area (Å²) in [5.41, 5.74) is 0. The zero-order valence-electron chi connectivity index (χ0n) is 27.7. The standard InChI is InChI=1S/C38H64O5/c1-3-5-7-9-11-13-15-17-19-21-22-24-26-28-30-32-37(40)42-35-36(34-39)43-38(41)33-31-29-27-25-23-20-18-16-14-12-10-8-6-4-2/h5,7,11,13,16-19,22,24,36,39H,3-4,6,8-10,12,14-15,20-21,23,25-35H2,1-2H3/b7-5-,13-11-,18-16-,19-17-,24-22-/t36-/m0/s1. The van der Waals surface area contributed by atoms with Crippen molar-refractivity contribution in [3.05, 3.63) is 60.8 Å². The van der Waals surface area contributed by atoms with Gasteiger partial charge in [0.1, 0.15) is 6.61 Å². The second-order valence-electron chi connectivity index (χ2n) is 11.2. The average molecular weight is 601 g/mol. The van der Waals surface area contributed by atoms with E-state index in [-0.39, 0.29) is 25.2 Å². The Morgan fingerprint density at radius 3 is 1.58 bits per heavy atom. The van der Waals surface area contributed by atoms with Crippen molar-refractivity contribution in [3.63, 3.8) is 0 Å². The van der Waals surface area contributed by atoms with Crippen LogP contribution < -0.4 is 0 Å². The largest absolute Gasteiger partial charge is 0.462 e. The number of esters is 2. The Kier molecular flexibility index (Phi) is 32.2. The summed E-state index contributed by atoms with van der Waals surface area (Å²) in [5.74, 6) is -0.656. The Morgan fingerprint density at radius 1 is 0.558 bits per heavy atom. The van der Waals surface area contributed by atoms with Gasteiger partial charge in [0.25, 0.3) is 0 Å². The predicted molar refractivity (Wildman–Crippen MR) is 182 cm³/mol. The van der Waals surface area contributed by atoms with Crippen molar-refractivity contribution < 1.29 is 24.2 Å². The van der Waals surface area contributed by atoms with Crippen LogP contribution in [0.4, 0.5) is 0 Å². The van der Waals surface area contributed by atoms with E-state index in [4.69, 9.17) is 9.47 Å². The highest BCUT2D eigenvalue weighted by atomic mass is 16.6. The Bertz CT molecular complexity index is 777. The third kappa shape index (κ3) is 32.4. The molecule has 5 heteroatoms. The third-order valence-corrected chi connectivity index (χ3v) is 7.05. The third-order valence-electron chi connectivity index (χ3n) is 7.05. The minimum absolute atomic E-state index is 0.0931. The second kappa shape index (κ2) is 34.1. The van der Waals surface area contributed by atoms with Gasteiger partial charge in [-0.15, -0.1) is 0 Å². The van der Waals surface area contributed by atoms with Crippen LogP contribution >= 0.6 is 0 Å². The number of aliphatic hydroxyl groups excluding tert-OH is 1. The summed E-state index contributed by atoms with van der Waals surface area (Å²) in [6.07, 6.45) is 42.7. The van der Waals surface area contributed by atoms with Gasteiger partial charge in [0, 0.05) is 12.8 Å². The zero-order chi connectivity index (χ0) is 31.5. The molecule has 0 aliphatic rings. The molecule has 1 atom stereocenters. The van der Waals surface area contributed by atoms with Crippen molar-refractivity contribution in [2.75, 3.05) is 13.2 Å². The lowest BCUT2D eigenvalue weighted by Gasteiger charge is -2.15. The topological polar surface area (TPSA) is 72.8 Å². The number of allylic oxidation sites excluding steroid dienone is 10. The number of rotatable bonds is 30. The van der Waals surface area contributed by atoms with Crippen molar-refractivity contribution in [1.82, 2.24) is 0 Å². The SMILES string of the molecule is CC/C=C\C/C=C\C/C=C\C/C=C\CCCCC(=O)OC[C@H](CO)OC(=O)CCCCCCC/C=C\CCCCCCC. The Balaban J connectivity index is 3.69. The average Bonchev–Trinajstić information content (AvgIpc) is 3.01. The maximum Gasteiger partial charge on any atom is 0.306 e. The van der Waals surface area contributed by atoms with Crippen LogP contribution in [-0.4, -0.2) is 36.4 Å². The highest BCUT2D eigenvalue weighted by Crippen LogP contribution is 2.11. The smallest absolute Gasteiger partial charge is 0.306 e. The fourth-order valence-electron chi connectivity index (χ4n) is 4.42. The molecule has 0 unspecified atom stereocenters. The number of aliphatic hydroxyl groups is 1. The molecule has 0 amide bonds. The minimum Gasteiger partial charge on any atom is -0.462 e. The molecule has 0 aromatic rings. The lowest BCUT2D eigenvalue weighted by atomic mass is 10.1. The van der Waals surface area contributed by atoms with Gasteiger partial charge >= 0.3 is 11.9 Å². The lowest BCUT2D eigenvalue weighted by Crippen LogP contribution is -2.28. The molecule has 1 N–H and O–H groups in total. The van der Waals surface area contributed by atoms with E-state index in [9.17, 15) is 14.7 Å². The molecule has 0 fully saturated rings. The number of unbranched alkanes of at least 4 members (excludes halogenated alkanes) is 12. The van der Waals surface area contributed by atoms with Crippen LogP contribution in [0.5, 0.6) is 0 Å². The van der Waals surface area contributed by atoms with Crippen molar-refractivity contribution in [2.24, 2.45) is 0 Å². The van der Waals surface area contributed by atoms with Crippen LogP contribution in [0.3, 0.4) is 0 Å². The van der Waals surface area contributed by atoms with Gasteiger partial charge in [0.15, 0.2) is 6.10 Å². The minimum atomic E-state index is -0.792. The number of hydrogen-bond donors (Lipinski definition) is 1. The fraction of sp³-hybridized carbons (Fsp3) is 0.684. The van der Waals surface area contributed by atoms with Gasteiger partial charge in [-0.1, -0.05) is 120 Å². The van der Waals surface area contributed by atoms with E-state index >= 15 is 0 Å². The first kappa shape index (κ1) is 40.6. The van der Waals surface area contributed by atoms with Gasteiger partial charge < -0.3 is 14.6 Å². The molecule has 0 rings (SSSR count). The monoisotopic (exact) mass is 600 g/mol. The quantitative estimate of drug-likeness (QED) is 0.0504. The van der Waals surface area contributed by atoms with E-state index in [0.717, 1.165) is 70.6 Å². The van der Waals surface area contributed by atoms with Crippen LogP contribution in [0.15, 0.2) is 60.8 Å². The van der Waals surface area contributed by atoms with E-state index in [1.807, 2.05) is 0 Å². The van der Waals surface area contributed by atoms with E-state index in [0.29, 0.717) is 12.8 Å². The molecule has 0 aromatic heterocycles. The molecule has 0 spiro atoms. The molecule has 246 valence electrons. The van der Waals surface area contributed by atoms with E-state index in [1.165, 1.54) is 51.4 Å². The molecule has 43 heavy (non-hydrogen) atoms. The van der Waals surface area contributed by atoms with Crippen LogP contribution in [0.25, 0.3) is 0 Å². The number of carbonyl (C=O) groups excluding carboxylic acids is 2. The Labute approximate surface area is 264 Å². The van der Waals surface area contributed by atoms with Gasteiger partial charge in [-0.2, -0.15) is 0 Å². The van der Waals surface area contributed by atoms with Crippen molar-refractivity contribution in [3.8, 4) is 0 Å². The maximum atomic E-state index is 12.1. The fourth-order valence-corrected chi connectivity index (χ4v) is 4.42. The first-order chi connectivity index (χ1) is 21.1. The Hall–Kier alpha value is -2.40. The van der Waals surface area contributed by atoms with E-state index in [1.54, 1.807) is 0 Å². The molecule has 0 aliphatic carbocycles. The van der Waals surface area contributed by atoms with Crippen LogP contribution in [0.2, 0.25) is 0 Å². The maximum absolute atomic E-state index is 12.1. The zero-order valence-corrected chi connectivity index (χ0v) is 27.7. The first-order valence-electron chi connectivity index (χ1n) is 17.3. The van der Waals surface area contributed by atoms with Crippen molar-refractivity contribution in [2.45, 2.75) is 155 Å². The summed E-state index contributed by atoms with van der Waals surface area (Å²) in [4.78, 5) is 24.1. The lowest BCUT2D eigenvalue weighted by molar-refractivity contribution is -0.161. The number of carbonyl (C=O) groups is 2. The highest BCUT2D eigenvalue weighted by Gasteiger charge is 2.16. The predicted octanol–water partition coefficient (Wildman–Crippen LogP) is 10.4. The molecule has 0 saturated carbocycles. The van der Waals surface area contributed by atoms with Crippen molar-refractivity contribution in [1.29, 1.82) is 0 Å². The highest BCUT2D eigenvalue weighted by molar-refractivity contribution is 5.70. The summed E-state index contributed by atoms with van der Waals surface area (Å²) in [6, 6.07) is 0. The van der Waals surface area contributed by atoms with Crippen LogP contribution in [0.1, 0.15) is 149 Å². The van der Waals surface area contributed by atoms with Gasteiger partial charge in [0.2, 0.25) is 0 Å². The molecule has 0 saturated heterocycles. The molecular weight excluding hydrogens is 536 g/mol. The van der Waals surface area contributed by atoms with Gasteiger partial charge in [-0.3, -0.25) is 9.59 Å². The van der Waals surface area contributed by atoms with Gasteiger partial charge in [-0.05, 0) is 77.0 Å². The first-order valence-corrected chi connectivity index (χ1v) is 17.3. The van der Waals surface area contributed by atoms with E-state index in [2.05, 4.69) is 74.6 Å². The molecule has 0 aliphatic heterocycles. The Morgan fingerprint density at radius 2 is 1.00 bits per heavy atom. The summed E-state index contributed by atoms with van der Waals surface area (Å²) in [7, 11) is 0. The second-order valence-corrected chi connectivity index (χ2v) is 11.2. The summed E-state index contributed by atoms with van der Waals surface area (Å²) in [5, 5.41) is 9.51.